The van der Waals surface area contributed by atoms with Gasteiger partial charge in [-0.25, -0.2) is 0 Å². The number of nitrogens with one attached hydrogen (secondary N) is 1. The first-order valence-corrected chi connectivity index (χ1v) is 7.22. The molecule has 1 aliphatic rings. The Balaban J connectivity index is 0.00000220. The zero-order valence-electron chi connectivity index (χ0n) is 12.9. The molecule has 21 heavy (non-hydrogen) atoms. The van der Waals surface area contributed by atoms with Gasteiger partial charge < -0.3 is 15.8 Å². The highest BCUT2D eigenvalue weighted by Crippen LogP contribution is 2.30. The highest BCUT2D eigenvalue weighted by Gasteiger charge is 2.26. The average Bonchev–Trinajstić information content (AvgIpc) is 2.79. The third-order valence-corrected chi connectivity index (χ3v) is 4.25. The molecule has 2 atom stereocenters. The zero-order valence-corrected chi connectivity index (χ0v) is 13.8. The second-order valence-corrected chi connectivity index (χ2v) is 5.70. The van der Waals surface area contributed by atoms with Gasteiger partial charge >= 0.3 is 0 Å². The van der Waals surface area contributed by atoms with E-state index in [9.17, 15) is 4.79 Å². The first-order valence-electron chi connectivity index (χ1n) is 7.22. The van der Waals surface area contributed by atoms with E-state index in [-0.39, 0.29) is 24.4 Å². The Kier molecular flexibility index (Phi) is 6.49. The summed E-state index contributed by atoms with van der Waals surface area (Å²) in [4.78, 5) is 12.1. The quantitative estimate of drug-likeness (QED) is 0.897. The molecular formula is C16H25ClN2O2. The number of nitrogens with two attached hydrogens (primary N) is 1. The lowest BCUT2D eigenvalue weighted by atomic mass is 9.99. The van der Waals surface area contributed by atoms with Crippen LogP contribution in [-0.2, 0) is 4.79 Å². The molecule has 2 rings (SSSR count). The summed E-state index contributed by atoms with van der Waals surface area (Å²) in [7, 11) is 1.65. The number of hydrogen-bond acceptors (Lipinski definition) is 3. The van der Waals surface area contributed by atoms with Gasteiger partial charge in [0.2, 0.25) is 5.91 Å². The summed E-state index contributed by atoms with van der Waals surface area (Å²) in [5.74, 6) is 1.20. The zero-order chi connectivity index (χ0) is 14.7. The van der Waals surface area contributed by atoms with E-state index >= 15 is 0 Å². The number of carbonyl (C=O) groups excluding carboxylic acids is 1. The second-order valence-electron chi connectivity index (χ2n) is 5.70. The summed E-state index contributed by atoms with van der Waals surface area (Å²) >= 11 is 0. The van der Waals surface area contributed by atoms with Gasteiger partial charge in [0.05, 0.1) is 7.11 Å². The Morgan fingerprint density at radius 3 is 2.67 bits per heavy atom. The van der Waals surface area contributed by atoms with Crippen LogP contribution in [0.15, 0.2) is 12.1 Å². The van der Waals surface area contributed by atoms with Crippen molar-refractivity contribution in [2.75, 3.05) is 12.4 Å². The van der Waals surface area contributed by atoms with Crippen LogP contribution in [0.2, 0.25) is 0 Å². The van der Waals surface area contributed by atoms with Crippen LogP contribution < -0.4 is 15.8 Å². The molecule has 0 saturated heterocycles. The smallest absolute Gasteiger partial charge is 0.224 e. The van der Waals surface area contributed by atoms with Gasteiger partial charge in [-0.3, -0.25) is 4.79 Å². The molecule has 0 radical (unpaired) electrons. The molecule has 0 bridgehead atoms. The Morgan fingerprint density at radius 2 is 2.10 bits per heavy atom. The van der Waals surface area contributed by atoms with E-state index in [1.54, 1.807) is 7.11 Å². The number of ether oxygens (including phenoxy) is 1. The molecule has 5 heteroatoms. The van der Waals surface area contributed by atoms with Gasteiger partial charge in [-0.05, 0) is 44.2 Å². The summed E-state index contributed by atoms with van der Waals surface area (Å²) < 4.78 is 5.38. The molecule has 4 nitrogen and oxygen atoms in total. The molecule has 1 aliphatic carbocycles. The third-order valence-electron chi connectivity index (χ3n) is 4.25. The largest absolute Gasteiger partial charge is 0.496 e. The van der Waals surface area contributed by atoms with Crippen molar-refractivity contribution in [1.29, 1.82) is 0 Å². The van der Waals surface area contributed by atoms with Crippen molar-refractivity contribution in [2.45, 2.75) is 45.6 Å². The Bertz CT molecular complexity index is 505. The predicted molar refractivity (Wildman–Crippen MR) is 88.3 cm³/mol. The lowest BCUT2D eigenvalue weighted by Crippen LogP contribution is -2.28. The van der Waals surface area contributed by atoms with Gasteiger partial charge in [-0.15, -0.1) is 12.4 Å². The lowest BCUT2D eigenvalue weighted by molar-refractivity contribution is -0.117. The van der Waals surface area contributed by atoms with E-state index in [1.807, 2.05) is 26.0 Å². The fourth-order valence-electron chi connectivity index (χ4n) is 3.03. The number of hydrogen-bond donors (Lipinski definition) is 2. The molecule has 0 heterocycles. The molecule has 0 aliphatic heterocycles. The van der Waals surface area contributed by atoms with Crippen LogP contribution in [0.4, 0.5) is 5.69 Å². The van der Waals surface area contributed by atoms with Gasteiger partial charge in [-0.1, -0.05) is 12.5 Å². The van der Waals surface area contributed by atoms with Crippen LogP contribution >= 0.6 is 12.4 Å². The molecule has 0 spiro atoms. The van der Waals surface area contributed by atoms with E-state index in [0.29, 0.717) is 12.3 Å². The molecule has 118 valence electrons. The number of halogens is 1. The van der Waals surface area contributed by atoms with Crippen LogP contribution in [0, 0.1) is 19.8 Å². The van der Waals surface area contributed by atoms with Crippen molar-refractivity contribution >= 4 is 24.0 Å². The van der Waals surface area contributed by atoms with E-state index < -0.39 is 0 Å². The SMILES string of the molecule is COc1c(C)ccc(NC(=O)C[C@@H]2CCC[C@H]2N)c1C.Cl. The Labute approximate surface area is 132 Å². The van der Waals surface area contributed by atoms with Crippen molar-refractivity contribution in [3.05, 3.63) is 23.3 Å². The maximum Gasteiger partial charge on any atom is 0.224 e. The fourth-order valence-corrected chi connectivity index (χ4v) is 3.03. The van der Waals surface area contributed by atoms with Crippen molar-refractivity contribution in [1.82, 2.24) is 0 Å². The topological polar surface area (TPSA) is 64.3 Å². The molecule has 3 N–H and O–H groups in total. The predicted octanol–water partition coefficient (Wildman–Crippen LogP) is 3.19. The van der Waals surface area contributed by atoms with Gasteiger partial charge in [-0.2, -0.15) is 0 Å². The van der Waals surface area contributed by atoms with Crippen molar-refractivity contribution in [2.24, 2.45) is 11.7 Å². The minimum Gasteiger partial charge on any atom is -0.496 e. The normalized spacial score (nSPS) is 20.8. The summed E-state index contributed by atoms with van der Waals surface area (Å²) in [5, 5.41) is 2.99. The van der Waals surface area contributed by atoms with E-state index in [2.05, 4.69) is 5.32 Å². The van der Waals surface area contributed by atoms with E-state index in [1.165, 1.54) is 0 Å². The first-order chi connectivity index (χ1) is 9.52. The van der Waals surface area contributed by atoms with Crippen LogP contribution in [0.1, 0.15) is 36.8 Å². The minimum absolute atomic E-state index is 0. The van der Waals surface area contributed by atoms with E-state index in [0.717, 1.165) is 41.8 Å². The fraction of sp³-hybridized carbons (Fsp3) is 0.562. The van der Waals surface area contributed by atoms with Crippen LogP contribution in [0.25, 0.3) is 0 Å². The Morgan fingerprint density at radius 1 is 1.38 bits per heavy atom. The van der Waals surface area contributed by atoms with Gasteiger partial charge in [0, 0.05) is 23.7 Å². The van der Waals surface area contributed by atoms with Gasteiger partial charge in [0.25, 0.3) is 0 Å². The number of carbonyl (C=O) groups is 1. The standard InChI is InChI=1S/C16H24N2O2.ClH/c1-10-7-8-14(11(2)16(10)20-3)18-15(19)9-12-5-4-6-13(12)17;/h7-8,12-13H,4-6,9,17H2,1-3H3,(H,18,19);1H/t12-,13+;/m0./s1. The number of aryl methyl sites for hydroxylation is 1. The van der Waals surface area contributed by atoms with Crippen molar-refractivity contribution < 1.29 is 9.53 Å². The molecular weight excluding hydrogens is 288 g/mol. The molecule has 0 unspecified atom stereocenters. The molecule has 1 amide bonds. The summed E-state index contributed by atoms with van der Waals surface area (Å²) in [5.41, 5.74) is 8.88. The van der Waals surface area contributed by atoms with Crippen LogP contribution in [-0.4, -0.2) is 19.1 Å². The number of benzene rings is 1. The monoisotopic (exact) mass is 312 g/mol. The molecule has 1 fully saturated rings. The summed E-state index contributed by atoms with van der Waals surface area (Å²) in [6, 6.07) is 4.07. The van der Waals surface area contributed by atoms with Crippen LogP contribution in [0.5, 0.6) is 5.75 Å². The molecule has 1 saturated carbocycles. The number of rotatable bonds is 4. The van der Waals surface area contributed by atoms with Crippen molar-refractivity contribution in [3.63, 3.8) is 0 Å². The maximum absolute atomic E-state index is 12.1. The van der Waals surface area contributed by atoms with Gasteiger partial charge in [0.1, 0.15) is 5.75 Å². The van der Waals surface area contributed by atoms with Crippen molar-refractivity contribution in [3.8, 4) is 5.75 Å². The summed E-state index contributed by atoms with van der Waals surface area (Å²) in [6.07, 6.45) is 3.74. The minimum atomic E-state index is 0. The summed E-state index contributed by atoms with van der Waals surface area (Å²) in [6.45, 7) is 3.96. The molecule has 0 aromatic heterocycles. The first kappa shape index (κ1) is 17.8. The highest BCUT2D eigenvalue weighted by molar-refractivity contribution is 5.92. The molecule has 1 aromatic rings. The third kappa shape index (κ3) is 4.11. The number of amides is 1. The molecule has 1 aromatic carbocycles. The van der Waals surface area contributed by atoms with Gasteiger partial charge in [0.15, 0.2) is 0 Å². The maximum atomic E-state index is 12.1. The second kappa shape index (κ2) is 7.66. The number of anilines is 1. The van der Waals surface area contributed by atoms with Crippen LogP contribution in [0.3, 0.4) is 0 Å². The lowest BCUT2D eigenvalue weighted by Gasteiger charge is -2.17. The highest BCUT2D eigenvalue weighted by atomic mass is 35.5. The Hall–Kier alpha value is -1.26. The van der Waals surface area contributed by atoms with E-state index in [4.69, 9.17) is 10.5 Å². The average molecular weight is 313 g/mol. The number of methoxy groups -OCH3 is 1.